The minimum atomic E-state index is -0.413. The lowest BCUT2D eigenvalue weighted by molar-refractivity contribution is -0.118. The standard InChI is InChI=1S/C23H25N5O5S/c1-3-31-19-11-15(12-25-28-23-27-20(24)14-34-23)5-10-18(19)33-13-21(29)26-17-8-6-16(7-9-17)22(30)32-4-2/h5-12,14H,3-4,13,24H2,1-2H3,(H,26,29)(H,27,28). The second-order valence-electron chi connectivity index (χ2n) is 6.72. The zero-order valence-electron chi connectivity index (χ0n) is 18.7. The number of thiazole rings is 1. The number of nitrogens with zero attached hydrogens (tertiary/aromatic N) is 2. The number of nitrogens with one attached hydrogen (secondary N) is 2. The summed E-state index contributed by atoms with van der Waals surface area (Å²) in [6.07, 6.45) is 1.61. The average Bonchev–Trinajstić information content (AvgIpc) is 3.24. The lowest BCUT2D eigenvalue weighted by Gasteiger charge is -2.13. The summed E-state index contributed by atoms with van der Waals surface area (Å²) in [5.41, 5.74) is 10.1. The van der Waals surface area contributed by atoms with E-state index in [1.807, 2.05) is 6.92 Å². The first-order valence-corrected chi connectivity index (χ1v) is 11.3. The lowest BCUT2D eigenvalue weighted by atomic mass is 10.2. The molecule has 3 rings (SSSR count). The summed E-state index contributed by atoms with van der Waals surface area (Å²) in [6.45, 7) is 4.09. The maximum atomic E-state index is 12.3. The van der Waals surface area contributed by atoms with Crippen LogP contribution in [0.25, 0.3) is 0 Å². The summed E-state index contributed by atoms with van der Waals surface area (Å²) >= 11 is 1.35. The van der Waals surface area contributed by atoms with Crippen LogP contribution in [0.5, 0.6) is 11.5 Å². The maximum Gasteiger partial charge on any atom is 0.338 e. The van der Waals surface area contributed by atoms with Crippen molar-refractivity contribution in [2.24, 2.45) is 5.10 Å². The molecule has 0 atom stereocenters. The molecule has 10 nitrogen and oxygen atoms in total. The highest BCUT2D eigenvalue weighted by molar-refractivity contribution is 7.14. The number of amides is 1. The van der Waals surface area contributed by atoms with Crippen molar-refractivity contribution in [3.05, 3.63) is 59.0 Å². The van der Waals surface area contributed by atoms with Crippen LogP contribution in [0.15, 0.2) is 52.9 Å². The average molecular weight is 484 g/mol. The second kappa shape index (κ2) is 12.2. The molecule has 1 heterocycles. The van der Waals surface area contributed by atoms with Crippen molar-refractivity contribution < 1.29 is 23.8 Å². The van der Waals surface area contributed by atoms with Crippen LogP contribution >= 0.6 is 11.3 Å². The Hall–Kier alpha value is -4.12. The van der Waals surface area contributed by atoms with Gasteiger partial charge in [0.1, 0.15) is 5.82 Å². The quantitative estimate of drug-likeness (QED) is 0.213. The summed E-state index contributed by atoms with van der Waals surface area (Å²) in [5.74, 6) is 0.567. The first-order valence-electron chi connectivity index (χ1n) is 10.4. The molecule has 0 saturated heterocycles. The van der Waals surface area contributed by atoms with E-state index in [0.717, 1.165) is 5.56 Å². The Labute approximate surface area is 200 Å². The Morgan fingerprint density at radius 1 is 1.09 bits per heavy atom. The molecular weight excluding hydrogens is 458 g/mol. The molecule has 11 heteroatoms. The van der Waals surface area contributed by atoms with Crippen LogP contribution < -0.4 is 25.9 Å². The summed E-state index contributed by atoms with van der Waals surface area (Å²) in [6, 6.07) is 11.7. The van der Waals surface area contributed by atoms with E-state index < -0.39 is 5.97 Å². The number of hydrogen-bond donors (Lipinski definition) is 3. The number of nitrogen functional groups attached to an aromatic ring is 1. The van der Waals surface area contributed by atoms with Crippen LogP contribution in [0.1, 0.15) is 29.8 Å². The van der Waals surface area contributed by atoms with Crippen molar-refractivity contribution >= 4 is 46.1 Å². The summed E-state index contributed by atoms with van der Waals surface area (Å²) in [5, 5.41) is 9.15. The number of esters is 1. The summed E-state index contributed by atoms with van der Waals surface area (Å²) < 4.78 is 16.2. The van der Waals surface area contributed by atoms with Crippen LogP contribution in [-0.2, 0) is 9.53 Å². The molecule has 3 aromatic rings. The number of carbonyl (C=O) groups excluding carboxylic acids is 2. The molecule has 1 aromatic heterocycles. The van der Waals surface area contributed by atoms with Gasteiger partial charge in [0.2, 0.25) is 5.13 Å². The largest absolute Gasteiger partial charge is 0.490 e. The number of aromatic nitrogens is 1. The SMILES string of the molecule is CCOC(=O)c1ccc(NC(=O)COc2ccc(C=NNc3nc(N)cs3)cc2OCC)cc1. The van der Waals surface area contributed by atoms with Gasteiger partial charge < -0.3 is 25.3 Å². The minimum Gasteiger partial charge on any atom is -0.490 e. The van der Waals surface area contributed by atoms with Crippen molar-refractivity contribution in [2.75, 3.05) is 36.3 Å². The van der Waals surface area contributed by atoms with Gasteiger partial charge in [0.05, 0.1) is 25.0 Å². The van der Waals surface area contributed by atoms with Crippen molar-refractivity contribution in [3.63, 3.8) is 0 Å². The van der Waals surface area contributed by atoms with Crippen LogP contribution in [0.3, 0.4) is 0 Å². The van der Waals surface area contributed by atoms with Crippen LogP contribution in [0.4, 0.5) is 16.6 Å². The molecule has 0 bridgehead atoms. The molecule has 4 N–H and O–H groups in total. The lowest BCUT2D eigenvalue weighted by Crippen LogP contribution is -2.20. The third-order valence-electron chi connectivity index (χ3n) is 4.20. The number of rotatable bonds is 11. The predicted octanol–water partition coefficient (Wildman–Crippen LogP) is 3.76. The number of hydrazone groups is 1. The third kappa shape index (κ3) is 7.20. The van der Waals surface area contributed by atoms with Crippen LogP contribution in [-0.4, -0.2) is 42.9 Å². The number of anilines is 3. The van der Waals surface area contributed by atoms with Gasteiger partial charge in [0.25, 0.3) is 5.91 Å². The molecule has 0 fully saturated rings. The highest BCUT2D eigenvalue weighted by Crippen LogP contribution is 2.28. The van der Waals surface area contributed by atoms with Gasteiger partial charge in [0, 0.05) is 11.1 Å². The van der Waals surface area contributed by atoms with Gasteiger partial charge in [-0.2, -0.15) is 5.10 Å². The summed E-state index contributed by atoms with van der Waals surface area (Å²) in [4.78, 5) is 28.1. The van der Waals surface area contributed by atoms with Crippen molar-refractivity contribution in [3.8, 4) is 11.5 Å². The zero-order chi connectivity index (χ0) is 24.3. The molecule has 1 amide bonds. The fraction of sp³-hybridized carbons (Fsp3) is 0.217. The van der Waals surface area contributed by atoms with Gasteiger partial charge in [0.15, 0.2) is 18.1 Å². The predicted molar refractivity (Wildman–Crippen MR) is 132 cm³/mol. The van der Waals surface area contributed by atoms with Crippen molar-refractivity contribution in [2.45, 2.75) is 13.8 Å². The zero-order valence-corrected chi connectivity index (χ0v) is 19.6. The van der Waals surface area contributed by atoms with Gasteiger partial charge in [-0.05, 0) is 61.9 Å². The number of benzene rings is 2. The van der Waals surface area contributed by atoms with E-state index in [-0.39, 0.29) is 12.5 Å². The number of carbonyl (C=O) groups is 2. The Kier molecular flexibility index (Phi) is 8.81. The Balaban J connectivity index is 1.56. The molecule has 0 aliphatic rings. The first kappa shape index (κ1) is 24.5. The molecule has 0 spiro atoms. The number of hydrogen-bond acceptors (Lipinski definition) is 10. The highest BCUT2D eigenvalue weighted by atomic mass is 32.1. The molecule has 34 heavy (non-hydrogen) atoms. The summed E-state index contributed by atoms with van der Waals surface area (Å²) in [7, 11) is 0. The fourth-order valence-corrected chi connectivity index (χ4v) is 3.29. The van der Waals surface area contributed by atoms with E-state index in [1.54, 1.807) is 61.0 Å². The van der Waals surface area contributed by atoms with Gasteiger partial charge >= 0.3 is 5.97 Å². The fourth-order valence-electron chi connectivity index (χ4n) is 2.74. The van der Waals surface area contributed by atoms with Gasteiger partial charge in [-0.3, -0.25) is 10.2 Å². The topological polar surface area (TPSA) is 137 Å². The Bertz CT molecular complexity index is 1150. The first-order chi connectivity index (χ1) is 16.5. The van der Waals surface area contributed by atoms with E-state index in [0.29, 0.717) is 46.9 Å². The molecule has 2 aromatic carbocycles. The van der Waals surface area contributed by atoms with E-state index >= 15 is 0 Å². The molecule has 0 aliphatic heterocycles. The van der Waals surface area contributed by atoms with Crippen molar-refractivity contribution in [1.29, 1.82) is 0 Å². The van der Waals surface area contributed by atoms with E-state index in [1.165, 1.54) is 11.3 Å². The third-order valence-corrected chi connectivity index (χ3v) is 4.97. The van der Waals surface area contributed by atoms with Crippen LogP contribution in [0.2, 0.25) is 0 Å². The van der Waals surface area contributed by atoms with Crippen molar-refractivity contribution in [1.82, 2.24) is 4.98 Å². The smallest absolute Gasteiger partial charge is 0.338 e. The van der Waals surface area contributed by atoms with Gasteiger partial charge in [-0.1, -0.05) is 0 Å². The second-order valence-corrected chi connectivity index (χ2v) is 7.58. The van der Waals surface area contributed by atoms with E-state index in [9.17, 15) is 9.59 Å². The monoisotopic (exact) mass is 483 g/mol. The van der Waals surface area contributed by atoms with E-state index in [4.69, 9.17) is 19.9 Å². The normalized spacial score (nSPS) is 10.6. The molecule has 0 radical (unpaired) electrons. The van der Waals surface area contributed by atoms with Crippen LogP contribution in [0, 0.1) is 0 Å². The highest BCUT2D eigenvalue weighted by Gasteiger charge is 2.11. The Morgan fingerprint density at radius 3 is 2.56 bits per heavy atom. The van der Waals surface area contributed by atoms with E-state index in [2.05, 4.69) is 20.8 Å². The number of ether oxygens (including phenoxy) is 3. The van der Waals surface area contributed by atoms with Gasteiger partial charge in [-0.25, -0.2) is 9.78 Å². The minimum absolute atomic E-state index is 0.222. The maximum absolute atomic E-state index is 12.3. The molecular formula is C23H25N5O5S. The molecule has 178 valence electrons. The Morgan fingerprint density at radius 2 is 1.88 bits per heavy atom. The molecule has 0 aliphatic carbocycles. The number of nitrogens with two attached hydrogens (primary N) is 1. The molecule has 0 saturated carbocycles. The van der Waals surface area contributed by atoms with Gasteiger partial charge in [-0.15, -0.1) is 11.3 Å². The molecule has 0 unspecified atom stereocenters.